The number of hydrogen-bond donors (Lipinski definition) is 2. The lowest BCUT2D eigenvalue weighted by atomic mass is 9.61. The molecule has 6 heteroatoms. The normalized spacial score (nSPS) is 17.3. The van der Waals surface area contributed by atoms with E-state index in [2.05, 4.69) is 19.3 Å². The average Bonchev–Trinajstić information content (AvgIpc) is 2.60. The van der Waals surface area contributed by atoms with Gasteiger partial charge >= 0.3 is 0 Å². The lowest BCUT2D eigenvalue weighted by molar-refractivity contribution is -0.0440. The second-order valence-electron chi connectivity index (χ2n) is 7.96. The molecule has 0 aromatic heterocycles. The third-order valence-electron chi connectivity index (χ3n) is 5.74. The highest BCUT2D eigenvalue weighted by Gasteiger charge is 2.43. The molecule has 0 spiro atoms. The number of hydrogen-bond acceptors (Lipinski definition) is 4. The third kappa shape index (κ3) is 5.69. The van der Waals surface area contributed by atoms with E-state index in [4.69, 9.17) is 0 Å². The van der Waals surface area contributed by atoms with Crippen molar-refractivity contribution in [2.45, 2.75) is 77.7 Å². The van der Waals surface area contributed by atoms with Gasteiger partial charge < -0.3 is 5.11 Å². The van der Waals surface area contributed by atoms with E-state index in [0.717, 1.165) is 56.9 Å². The minimum Gasteiger partial charge on any atom is -0.388 e. The molecular weight excluding hydrogens is 360 g/mol. The summed E-state index contributed by atoms with van der Waals surface area (Å²) in [6.07, 6.45) is 10.5. The Balaban J connectivity index is 2.07. The van der Waals surface area contributed by atoms with Crippen molar-refractivity contribution < 1.29 is 13.5 Å². The van der Waals surface area contributed by atoms with Crippen LogP contribution in [0.4, 0.5) is 5.69 Å². The molecular formula is C21H36N2O3S. The highest BCUT2D eigenvalue weighted by atomic mass is 32.2. The van der Waals surface area contributed by atoms with Gasteiger partial charge in [0.15, 0.2) is 0 Å². The van der Waals surface area contributed by atoms with E-state index in [0.29, 0.717) is 12.2 Å². The van der Waals surface area contributed by atoms with Crippen LogP contribution in [0, 0.1) is 5.41 Å². The number of nitrogens with one attached hydrogen (secondary N) is 1. The fourth-order valence-corrected chi connectivity index (χ4v) is 4.90. The van der Waals surface area contributed by atoms with Crippen LogP contribution in [0.15, 0.2) is 24.3 Å². The predicted molar refractivity (Wildman–Crippen MR) is 112 cm³/mol. The van der Waals surface area contributed by atoms with Crippen molar-refractivity contribution >= 4 is 15.7 Å². The quantitative estimate of drug-likeness (QED) is 0.402. The van der Waals surface area contributed by atoms with Crippen molar-refractivity contribution in [2.75, 3.05) is 17.2 Å². The van der Waals surface area contributed by atoms with Crippen LogP contribution in [0.1, 0.15) is 83.3 Å². The van der Waals surface area contributed by atoms with Gasteiger partial charge in [0.1, 0.15) is 0 Å². The van der Waals surface area contributed by atoms with E-state index in [-0.39, 0.29) is 5.41 Å². The monoisotopic (exact) mass is 396 g/mol. The number of sulfonamides is 1. The van der Waals surface area contributed by atoms with E-state index in [1.165, 1.54) is 17.1 Å². The van der Waals surface area contributed by atoms with Crippen LogP contribution in [0.25, 0.3) is 0 Å². The summed E-state index contributed by atoms with van der Waals surface area (Å²) >= 11 is 0. The number of nitrogens with zero attached hydrogens (tertiary/aromatic N) is 1. The molecule has 1 unspecified atom stereocenters. The van der Waals surface area contributed by atoms with Crippen LogP contribution in [0.5, 0.6) is 0 Å². The number of anilines is 1. The first-order chi connectivity index (χ1) is 12.8. The Kier molecular flexibility index (Phi) is 8.13. The van der Waals surface area contributed by atoms with Crippen LogP contribution < -0.4 is 9.84 Å². The van der Waals surface area contributed by atoms with Gasteiger partial charge in [-0.1, -0.05) is 58.1 Å². The SMILES string of the molecule is CCCCCCNN(c1ccc(C(O)C2(CCC)CCC2)cc1)S(C)(=O)=O. The molecule has 1 aromatic rings. The van der Waals surface area contributed by atoms with Crippen LogP contribution in [-0.2, 0) is 10.0 Å². The van der Waals surface area contributed by atoms with E-state index >= 15 is 0 Å². The summed E-state index contributed by atoms with van der Waals surface area (Å²) < 4.78 is 25.6. The predicted octanol–water partition coefficient (Wildman–Crippen LogP) is 4.54. The number of hydrazine groups is 1. The number of benzene rings is 1. The third-order valence-corrected chi connectivity index (χ3v) is 6.74. The summed E-state index contributed by atoms with van der Waals surface area (Å²) in [6, 6.07) is 7.31. The molecule has 0 amide bonds. The maximum absolute atomic E-state index is 12.2. The average molecular weight is 397 g/mol. The standard InChI is InChI=1S/C21H36N2O3S/c1-4-6-7-8-17-22-23(27(3,25)26)19-12-10-18(11-13-19)20(24)21(14-5-2)15-9-16-21/h10-13,20,22,24H,4-9,14-17H2,1-3H3. The Morgan fingerprint density at radius 2 is 1.78 bits per heavy atom. The van der Waals surface area contributed by atoms with Gasteiger partial charge in [-0.3, -0.25) is 0 Å². The Morgan fingerprint density at radius 1 is 1.11 bits per heavy atom. The first kappa shape index (κ1) is 22.2. The van der Waals surface area contributed by atoms with Crippen LogP contribution in [0.3, 0.4) is 0 Å². The summed E-state index contributed by atoms with van der Waals surface area (Å²) in [6.45, 7) is 4.93. The van der Waals surface area contributed by atoms with Crippen molar-refractivity contribution in [3.8, 4) is 0 Å². The second kappa shape index (κ2) is 9.89. The van der Waals surface area contributed by atoms with E-state index in [1.807, 2.05) is 12.1 Å². The summed E-state index contributed by atoms with van der Waals surface area (Å²) in [5.74, 6) is 0. The van der Waals surface area contributed by atoms with Crippen molar-refractivity contribution in [1.29, 1.82) is 0 Å². The van der Waals surface area contributed by atoms with Gasteiger partial charge in [-0.2, -0.15) is 0 Å². The summed E-state index contributed by atoms with van der Waals surface area (Å²) in [5, 5.41) is 10.9. The molecule has 2 rings (SSSR count). The minimum atomic E-state index is -3.41. The molecule has 1 aromatic carbocycles. The van der Waals surface area contributed by atoms with Gasteiger partial charge in [0, 0.05) is 12.0 Å². The van der Waals surface area contributed by atoms with E-state index in [1.54, 1.807) is 12.1 Å². The Hall–Kier alpha value is -1.11. The van der Waals surface area contributed by atoms with Crippen molar-refractivity contribution in [3.05, 3.63) is 29.8 Å². The zero-order valence-corrected chi connectivity index (χ0v) is 17.9. The van der Waals surface area contributed by atoms with Gasteiger partial charge in [0.05, 0.1) is 18.0 Å². The molecule has 0 bridgehead atoms. The molecule has 0 radical (unpaired) electrons. The van der Waals surface area contributed by atoms with Gasteiger partial charge in [0.25, 0.3) is 0 Å². The minimum absolute atomic E-state index is 0.00428. The highest BCUT2D eigenvalue weighted by molar-refractivity contribution is 7.92. The smallest absolute Gasteiger partial charge is 0.245 e. The van der Waals surface area contributed by atoms with Crippen LogP contribution in [0.2, 0.25) is 0 Å². The molecule has 154 valence electrons. The van der Waals surface area contributed by atoms with Gasteiger partial charge in [-0.25, -0.2) is 18.3 Å². The molecule has 27 heavy (non-hydrogen) atoms. The number of rotatable bonds is 12. The first-order valence-corrected chi connectivity index (χ1v) is 12.2. The van der Waals surface area contributed by atoms with Crippen molar-refractivity contribution in [2.24, 2.45) is 5.41 Å². The molecule has 0 saturated heterocycles. The first-order valence-electron chi connectivity index (χ1n) is 10.4. The van der Waals surface area contributed by atoms with Crippen molar-refractivity contribution in [1.82, 2.24) is 5.43 Å². The molecule has 5 nitrogen and oxygen atoms in total. The maximum Gasteiger partial charge on any atom is 0.245 e. The van der Waals surface area contributed by atoms with Gasteiger partial charge in [-0.15, -0.1) is 0 Å². The van der Waals surface area contributed by atoms with Gasteiger partial charge in [0.2, 0.25) is 10.0 Å². The highest BCUT2D eigenvalue weighted by Crippen LogP contribution is 2.53. The molecule has 1 aliphatic carbocycles. The lowest BCUT2D eigenvalue weighted by Crippen LogP contribution is -2.43. The largest absolute Gasteiger partial charge is 0.388 e. The van der Waals surface area contributed by atoms with Crippen molar-refractivity contribution in [3.63, 3.8) is 0 Å². The lowest BCUT2D eigenvalue weighted by Gasteiger charge is -2.46. The molecule has 1 atom stereocenters. The molecule has 2 N–H and O–H groups in total. The van der Waals surface area contributed by atoms with Crippen LogP contribution >= 0.6 is 0 Å². The molecule has 0 heterocycles. The number of aliphatic hydroxyl groups is 1. The summed E-state index contributed by atoms with van der Waals surface area (Å²) in [7, 11) is -3.41. The second-order valence-corrected chi connectivity index (χ2v) is 9.79. The summed E-state index contributed by atoms with van der Waals surface area (Å²) in [4.78, 5) is 0. The zero-order chi connectivity index (χ0) is 19.9. The van der Waals surface area contributed by atoms with Crippen LogP contribution in [-0.4, -0.2) is 26.3 Å². The van der Waals surface area contributed by atoms with E-state index in [9.17, 15) is 13.5 Å². The fourth-order valence-electron chi connectivity index (χ4n) is 4.07. The molecule has 1 saturated carbocycles. The molecule has 0 aliphatic heterocycles. The Morgan fingerprint density at radius 3 is 2.26 bits per heavy atom. The fraction of sp³-hybridized carbons (Fsp3) is 0.714. The Bertz CT molecular complexity index is 669. The Labute approximate surface area is 165 Å². The molecule has 1 fully saturated rings. The topological polar surface area (TPSA) is 69.6 Å². The van der Waals surface area contributed by atoms with E-state index < -0.39 is 16.1 Å². The summed E-state index contributed by atoms with van der Waals surface area (Å²) in [5.41, 5.74) is 4.51. The van der Waals surface area contributed by atoms with Gasteiger partial charge in [-0.05, 0) is 43.4 Å². The molecule has 1 aliphatic rings. The number of unbranched alkanes of at least 4 members (excludes halogenated alkanes) is 3. The number of aliphatic hydroxyl groups excluding tert-OH is 1. The maximum atomic E-state index is 12.2. The zero-order valence-electron chi connectivity index (χ0n) is 17.1.